The van der Waals surface area contributed by atoms with Crippen molar-refractivity contribution < 1.29 is 0 Å². The predicted octanol–water partition coefficient (Wildman–Crippen LogP) is -1.65. The molecule has 0 aromatic carbocycles. The molecule has 0 aliphatic heterocycles. The van der Waals surface area contributed by atoms with Gasteiger partial charge in [-0.3, -0.25) is 4.79 Å². The Morgan fingerprint density at radius 1 is 1.70 bits per heavy atom. The molecule has 0 saturated carbocycles. The molecule has 0 radical (unpaired) electrons. The summed E-state index contributed by atoms with van der Waals surface area (Å²) >= 11 is 0. The lowest BCUT2D eigenvalue weighted by Gasteiger charge is -1.98. The van der Waals surface area contributed by atoms with Crippen molar-refractivity contribution in [2.45, 2.75) is 6.92 Å². The first-order chi connectivity index (χ1) is 4.61. The molecule has 0 N–H and O–H groups in total. The highest BCUT2D eigenvalue weighted by Gasteiger charge is 1.95. The lowest BCUT2D eigenvalue weighted by Crippen LogP contribution is -2.34. The maximum atomic E-state index is 11.0. The third-order valence-corrected chi connectivity index (χ3v) is 1.36. The fourth-order valence-electron chi connectivity index (χ4n) is 0.941. The molecule has 0 amide bonds. The smallest absolute Gasteiger partial charge is 0.260 e. The molecular formula is C6H9BN2O. The molecule has 3 nitrogen and oxygen atoms in total. The predicted molar refractivity (Wildman–Crippen MR) is 42.4 cm³/mol. The van der Waals surface area contributed by atoms with Gasteiger partial charge in [0.15, 0.2) is 0 Å². The van der Waals surface area contributed by atoms with E-state index < -0.39 is 0 Å². The largest absolute Gasteiger partial charge is 0.268 e. The van der Waals surface area contributed by atoms with Gasteiger partial charge in [-0.2, -0.15) is 5.10 Å². The van der Waals surface area contributed by atoms with Gasteiger partial charge >= 0.3 is 0 Å². The van der Waals surface area contributed by atoms with E-state index in [2.05, 4.69) is 5.10 Å². The van der Waals surface area contributed by atoms with Gasteiger partial charge in [-0.1, -0.05) is 0 Å². The second-order valence-electron chi connectivity index (χ2n) is 2.40. The minimum Gasteiger partial charge on any atom is -0.268 e. The van der Waals surface area contributed by atoms with Crippen LogP contribution in [0.25, 0.3) is 0 Å². The van der Waals surface area contributed by atoms with Gasteiger partial charge in [0.2, 0.25) is 0 Å². The van der Waals surface area contributed by atoms with E-state index in [1.807, 2.05) is 6.92 Å². The van der Waals surface area contributed by atoms with Crippen LogP contribution >= 0.6 is 0 Å². The summed E-state index contributed by atoms with van der Waals surface area (Å²) in [7, 11) is 3.44. The average Bonchev–Trinajstić information content (AvgIpc) is 1.82. The van der Waals surface area contributed by atoms with Crippen LogP contribution in [0.4, 0.5) is 0 Å². The van der Waals surface area contributed by atoms with Gasteiger partial charge in [0.05, 0.1) is 5.69 Å². The second kappa shape index (κ2) is 2.29. The van der Waals surface area contributed by atoms with Gasteiger partial charge in [-0.05, 0) is 18.5 Å². The first-order valence-corrected chi connectivity index (χ1v) is 3.13. The van der Waals surface area contributed by atoms with Crippen LogP contribution in [-0.4, -0.2) is 17.6 Å². The highest BCUT2D eigenvalue weighted by molar-refractivity contribution is 6.31. The van der Waals surface area contributed by atoms with Crippen molar-refractivity contribution in [3.8, 4) is 0 Å². The molecule has 1 aromatic rings. The van der Waals surface area contributed by atoms with Gasteiger partial charge in [0, 0.05) is 7.05 Å². The van der Waals surface area contributed by atoms with Crippen LogP contribution in [0.15, 0.2) is 10.9 Å². The lowest BCUT2D eigenvalue weighted by molar-refractivity contribution is 0.698. The number of nitrogens with zero attached hydrogens (tertiary/aromatic N) is 2. The highest BCUT2D eigenvalue weighted by atomic mass is 16.1. The first kappa shape index (κ1) is 7.06. The average molecular weight is 136 g/mol. The number of rotatable bonds is 0. The standard InChI is InChI=1S/C6H9BN2O/c1-4-3-5(7)6(10)9(2)8-4/h3H,7H2,1-2H3. The molecule has 0 spiro atoms. The SMILES string of the molecule is Bc1cc(C)nn(C)c1=O. The Labute approximate surface area is 60.1 Å². The molecule has 0 unspecified atom stereocenters. The van der Waals surface area contributed by atoms with Crippen LogP contribution in [0.1, 0.15) is 5.69 Å². The quantitative estimate of drug-likeness (QED) is 0.400. The third kappa shape index (κ3) is 1.10. The van der Waals surface area contributed by atoms with Crippen molar-refractivity contribution in [1.29, 1.82) is 0 Å². The molecule has 0 atom stereocenters. The summed E-state index contributed by atoms with van der Waals surface area (Å²) in [4.78, 5) is 11.0. The summed E-state index contributed by atoms with van der Waals surface area (Å²) in [6.07, 6.45) is 0. The van der Waals surface area contributed by atoms with Crippen LogP contribution in [-0.2, 0) is 7.05 Å². The van der Waals surface area contributed by atoms with E-state index in [9.17, 15) is 4.79 Å². The van der Waals surface area contributed by atoms with Gasteiger partial charge < -0.3 is 0 Å². The van der Waals surface area contributed by atoms with Crippen molar-refractivity contribution in [2.75, 3.05) is 0 Å². The zero-order chi connectivity index (χ0) is 7.72. The summed E-state index contributed by atoms with van der Waals surface area (Å²) in [5.41, 5.74) is 1.60. The summed E-state index contributed by atoms with van der Waals surface area (Å²) < 4.78 is 1.35. The van der Waals surface area contributed by atoms with Crippen LogP contribution in [0, 0.1) is 6.92 Å². The van der Waals surface area contributed by atoms with E-state index in [4.69, 9.17) is 0 Å². The van der Waals surface area contributed by atoms with E-state index in [1.165, 1.54) is 4.68 Å². The Hall–Kier alpha value is -1.06. The zero-order valence-electron chi connectivity index (χ0n) is 6.38. The van der Waals surface area contributed by atoms with Crippen LogP contribution in [0.2, 0.25) is 0 Å². The normalized spacial score (nSPS) is 9.80. The molecular weight excluding hydrogens is 127 g/mol. The second-order valence-corrected chi connectivity index (χ2v) is 2.40. The molecule has 1 rings (SSSR count). The Balaban J connectivity index is 3.46. The van der Waals surface area contributed by atoms with Crippen molar-refractivity contribution in [3.05, 3.63) is 22.1 Å². The molecule has 0 fully saturated rings. The minimum atomic E-state index is -0.0226. The van der Waals surface area contributed by atoms with Crippen LogP contribution < -0.4 is 11.0 Å². The molecule has 4 heteroatoms. The number of hydrogen-bond donors (Lipinski definition) is 0. The maximum Gasteiger partial charge on any atom is 0.260 e. The Morgan fingerprint density at radius 3 is 2.80 bits per heavy atom. The Morgan fingerprint density at radius 2 is 2.30 bits per heavy atom. The first-order valence-electron chi connectivity index (χ1n) is 3.13. The topological polar surface area (TPSA) is 34.9 Å². The Kier molecular flexibility index (Phi) is 1.61. The van der Waals surface area contributed by atoms with E-state index in [1.54, 1.807) is 21.0 Å². The van der Waals surface area contributed by atoms with Gasteiger partial charge in [-0.25, -0.2) is 4.68 Å². The monoisotopic (exact) mass is 136 g/mol. The van der Waals surface area contributed by atoms with Crippen molar-refractivity contribution in [2.24, 2.45) is 7.05 Å². The van der Waals surface area contributed by atoms with Crippen molar-refractivity contribution in [3.63, 3.8) is 0 Å². The van der Waals surface area contributed by atoms with E-state index in [0.29, 0.717) is 0 Å². The summed E-state index contributed by atoms with van der Waals surface area (Å²) in [5.74, 6) is 0. The molecule has 0 saturated heterocycles. The van der Waals surface area contributed by atoms with Gasteiger partial charge in [0.1, 0.15) is 7.85 Å². The highest BCUT2D eigenvalue weighted by Crippen LogP contribution is 1.79. The molecule has 52 valence electrons. The number of hydrogen-bond acceptors (Lipinski definition) is 2. The van der Waals surface area contributed by atoms with Gasteiger partial charge in [0.25, 0.3) is 5.56 Å². The zero-order valence-corrected chi connectivity index (χ0v) is 6.38. The fourth-order valence-corrected chi connectivity index (χ4v) is 0.941. The molecule has 0 aliphatic carbocycles. The van der Waals surface area contributed by atoms with Crippen LogP contribution in [0.3, 0.4) is 0 Å². The van der Waals surface area contributed by atoms with E-state index in [0.717, 1.165) is 11.2 Å². The summed E-state index contributed by atoms with van der Waals surface area (Å²) in [6, 6.07) is 1.78. The number of aryl methyl sites for hydroxylation is 2. The molecule has 0 bridgehead atoms. The minimum absolute atomic E-state index is 0.0226. The van der Waals surface area contributed by atoms with E-state index >= 15 is 0 Å². The lowest BCUT2D eigenvalue weighted by atomic mass is 9.98. The number of aromatic nitrogens is 2. The van der Waals surface area contributed by atoms with Crippen molar-refractivity contribution >= 4 is 13.3 Å². The van der Waals surface area contributed by atoms with Gasteiger partial charge in [-0.15, -0.1) is 0 Å². The molecule has 10 heavy (non-hydrogen) atoms. The molecule has 1 heterocycles. The van der Waals surface area contributed by atoms with E-state index in [-0.39, 0.29) is 5.56 Å². The molecule has 0 aliphatic rings. The van der Waals surface area contributed by atoms with Crippen molar-refractivity contribution in [1.82, 2.24) is 9.78 Å². The molecule has 1 aromatic heterocycles. The third-order valence-electron chi connectivity index (χ3n) is 1.36. The summed E-state index contributed by atoms with van der Waals surface area (Å²) in [6.45, 7) is 1.87. The maximum absolute atomic E-state index is 11.0. The fraction of sp³-hybridized carbons (Fsp3) is 0.333. The van der Waals surface area contributed by atoms with Crippen LogP contribution in [0.5, 0.6) is 0 Å². The Bertz CT molecular complexity index is 279. The summed E-state index contributed by atoms with van der Waals surface area (Å²) in [5, 5.41) is 3.94.